The fraction of sp³-hybridized carbons (Fsp3) is 0.478. The van der Waals surface area contributed by atoms with E-state index in [4.69, 9.17) is 4.74 Å². The van der Waals surface area contributed by atoms with E-state index in [0.717, 1.165) is 38.2 Å². The van der Waals surface area contributed by atoms with Crippen LogP contribution >= 0.6 is 15.9 Å². The molecule has 0 spiro atoms. The third kappa shape index (κ3) is 5.25. The molecule has 2 aliphatic heterocycles. The molecule has 4 rings (SSSR count). The van der Waals surface area contributed by atoms with Gasteiger partial charge in [0.2, 0.25) is 0 Å². The summed E-state index contributed by atoms with van der Waals surface area (Å²) in [4.78, 5) is 19.3. The molecule has 2 fully saturated rings. The highest BCUT2D eigenvalue weighted by atomic mass is 79.9. The van der Waals surface area contributed by atoms with Crippen LogP contribution in [0.5, 0.6) is 0 Å². The average Bonchev–Trinajstić information content (AvgIpc) is 2.80. The molecule has 2 aliphatic rings. The highest BCUT2D eigenvalue weighted by Gasteiger charge is 2.27. The number of anilines is 2. The van der Waals surface area contributed by atoms with Gasteiger partial charge in [0.05, 0.1) is 24.1 Å². The lowest BCUT2D eigenvalue weighted by Gasteiger charge is -2.33. The van der Waals surface area contributed by atoms with Gasteiger partial charge in [0.1, 0.15) is 16.1 Å². The lowest BCUT2D eigenvalue weighted by Crippen LogP contribution is -2.41. The van der Waals surface area contributed by atoms with Crippen molar-refractivity contribution in [3.8, 4) is 0 Å². The van der Waals surface area contributed by atoms with Gasteiger partial charge in [-0.1, -0.05) is 13.0 Å². The summed E-state index contributed by atoms with van der Waals surface area (Å²) < 4.78 is 21.7. The largest absolute Gasteiger partial charge is 0.375 e. The molecule has 3 heterocycles. The Hall–Kier alpha value is -2.03. The number of pyridine rings is 1. The number of morpholine rings is 1. The van der Waals surface area contributed by atoms with Crippen LogP contribution in [0, 0.1) is 5.82 Å². The van der Waals surface area contributed by atoms with E-state index < -0.39 is 0 Å². The van der Waals surface area contributed by atoms with Crippen LogP contribution < -0.4 is 15.5 Å². The van der Waals surface area contributed by atoms with E-state index >= 15 is 4.39 Å². The number of piperidine rings is 1. The van der Waals surface area contributed by atoms with Gasteiger partial charge in [-0.25, -0.2) is 9.37 Å². The summed E-state index contributed by atoms with van der Waals surface area (Å²) in [5.41, 5.74) is 2.18. The number of ether oxygens (including phenoxy) is 1. The molecule has 1 aromatic heterocycles. The molecular formula is C23H28BrFN4O2. The third-order valence-electron chi connectivity index (χ3n) is 6.01. The number of benzene rings is 1. The van der Waals surface area contributed by atoms with Gasteiger partial charge in [0.15, 0.2) is 0 Å². The van der Waals surface area contributed by atoms with Crippen molar-refractivity contribution in [3.05, 3.63) is 52.0 Å². The topological polar surface area (TPSA) is 66.5 Å². The second kappa shape index (κ2) is 10.1. The first-order chi connectivity index (χ1) is 15.0. The van der Waals surface area contributed by atoms with Crippen molar-refractivity contribution in [2.75, 3.05) is 43.0 Å². The zero-order valence-electron chi connectivity index (χ0n) is 17.7. The fourth-order valence-corrected chi connectivity index (χ4v) is 4.60. The molecule has 166 valence electrons. The number of nitrogens with one attached hydrogen (secondary N) is 2. The maximum absolute atomic E-state index is 15.3. The Morgan fingerprint density at radius 2 is 2.13 bits per heavy atom. The Bertz CT molecular complexity index is 930. The number of nitrogens with zero attached hydrogens (tertiary/aromatic N) is 2. The van der Waals surface area contributed by atoms with Crippen LogP contribution in [-0.2, 0) is 4.74 Å². The second-order valence-electron chi connectivity index (χ2n) is 8.14. The molecule has 8 heteroatoms. The van der Waals surface area contributed by atoms with Crippen molar-refractivity contribution < 1.29 is 13.9 Å². The van der Waals surface area contributed by atoms with Crippen molar-refractivity contribution >= 4 is 33.2 Å². The minimum atomic E-state index is -0.319. The molecule has 0 radical (unpaired) electrons. The number of amides is 1. The average molecular weight is 491 g/mol. The summed E-state index contributed by atoms with van der Waals surface area (Å²) in [5, 5.41) is 6.29. The summed E-state index contributed by atoms with van der Waals surface area (Å²) in [6, 6.07) is 8.54. The van der Waals surface area contributed by atoms with Crippen molar-refractivity contribution in [1.29, 1.82) is 0 Å². The molecule has 2 atom stereocenters. The van der Waals surface area contributed by atoms with Crippen LogP contribution in [0.1, 0.15) is 48.2 Å². The number of aromatic nitrogens is 1. The zero-order chi connectivity index (χ0) is 21.8. The van der Waals surface area contributed by atoms with Gasteiger partial charge < -0.3 is 20.3 Å². The van der Waals surface area contributed by atoms with Crippen molar-refractivity contribution in [1.82, 2.24) is 10.3 Å². The standard InChI is InChI=1S/C23H28BrFN4O2/c1-15(21-14-26-8-11-31-21)16-12-19(28-23(30)18-6-5-7-22(24)27-18)20(13-17(16)25)29-9-3-2-4-10-29/h5-7,12-13,15,21,26H,2-4,8-11,14H2,1H3,(H,28,30). The van der Waals surface area contributed by atoms with E-state index in [-0.39, 0.29) is 23.7 Å². The summed E-state index contributed by atoms with van der Waals surface area (Å²) in [5.74, 6) is -0.732. The van der Waals surface area contributed by atoms with E-state index in [1.165, 1.54) is 6.42 Å². The number of hydrogen-bond acceptors (Lipinski definition) is 5. The fourth-order valence-electron chi connectivity index (χ4n) is 4.25. The lowest BCUT2D eigenvalue weighted by atomic mass is 9.92. The van der Waals surface area contributed by atoms with Crippen LogP contribution in [0.2, 0.25) is 0 Å². The zero-order valence-corrected chi connectivity index (χ0v) is 19.3. The molecule has 2 saturated heterocycles. The lowest BCUT2D eigenvalue weighted by molar-refractivity contribution is 0.0140. The van der Waals surface area contributed by atoms with Gasteiger partial charge in [-0.3, -0.25) is 4.79 Å². The maximum atomic E-state index is 15.3. The molecule has 0 aliphatic carbocycles. The third-order valence-corrected chi connectivity index (χ3v) is 6.45. The molecule has 1 aromatic carbocycles. The molecule has 31 heavy (non-hydrogen) atoms. The smallest absolute Gasteiger partial charge is 0.274 e. The van der Waals surface area contributed by atoms with E-state index in [0.29, 0.717) is 34.7 Å². The summed E-state index contributed by atoms with van der Waals surface area (Å²) in [6.45, 7) is 5.77. The van der Waals surface area contributed by atoms with Crippen LogP contribution in [0.15, 0.2) is 34.9 Å². The first-order valence-electron chi connectivity index (χ1n) is 10.9. The van der Waals surface area contributed by atoms with Crippen LogP contribution in [0.3, 0.4) is 0 Å². The molecule has 6 nitrogen and oxygen atoms in total. The molecule has 2 aromatic rings. The van der Waals surface area contributed by atoms with Gasteiger partial charge in [0, 0.05) is 32.1 Å². The molecule has 2 unspecified atom stereocenters. The Morgan fingerprint density at radius 3 is 2.84 bits per heavy atom. The van der Waals surface area contributed by atoms with Gasteiger partial charge in [-0.15, -0.1) is 0 Å². The van der Waals surface area contributed by atoms with Crippen molar-refractivity contribution in [2.24, 2.45) is 0 Å². The second-order valence-corrected chi connectivity index (χ2v) is 8.95. The Morgan fingerprint density at radius 1 is 1.32 bits per heavy atom. The highest BCUT2D eigenvalue weighted by molar-refractivity contribution is 9.10. The predicted molar refractivity (Wildman–Crippen MR) is 123 cm³/mol. The molecular weight excluding hydrogens is 463 g/mol. The van der Waals surface area contributed by atoms with Gasteiger partial charge >= 0.3 is 0 Å². The van der Waals surface area contributed by atoms with Gasteiger partial charge in [0.25, 0.3) is 5.91 Å². The first-order valence-corrected chi connectivity index (χ1v) is 11.7. The SMILES string of the molecule is CC(c1cc(NC(=O)c2cccc(Br)n2)c(N2CCCCC2)cc1F)C1CNCCO1. The normalized spacial score (nSPS) is 20.4. The number of carbonyl (C=O) groups excluding carboxylic acids is 1. The minimum absolute atomic E-state index is 0.112. The Labute approximate surface area is 190 Å². The quantitative estimate of drug-likeness (QED) is 0.611. The minimum Gasteiger partial charge on any atom is -0.375 e. The monoisotopic (exact) mass is 490 g/mol. The van der Waals surface area contributed by atoms with E-state index in [9.17, 15) is 4.79 Å². The number of carbonyl (C=O) groups is 1. The first kappa shape index (κ1) is 22.2. The Kier molecular flexibility index (Phi) is 7.20. The van der Waals surface area contributed by atoms with E-state index in [2.05, 4.69) is 36.4 Å². The number of halogens is 2. The van der Waals surface area contributed by atoms with Crippen LogP contribution in [0.4, 0.5) is 15.8 Å². The van der Waals surface area contributed by atoms with E-state index in [1.807, 2.05) is 6.92 Å². The molecule has 2 N–H and O–H groups in total. The molecule has 0 saturated carbocycles. The van der Waals surface area contributed by atoms with Gasteiger partial charge in [-0.2, -0.15) is 0 Å². The Balaban J connectivity index is 1.67. The number of rotatable bonds is 5. The molecule has 1 amide bonds. The summed E-state index contributed by atoms with van der Waals surface area (Å²) in [6.07, 6.45) is 3.17. The van der Waals surface area contributed by atoms with Crippen LogP contribution in [-0.4, -0.2) is 49.8 Å². The number of hydrogen-bond donors (Lipinski definition) is 2. The summed E-state index contributed by atoms with van der Waals surface area (Å²) >= 11 is 3.31. The summed E-state index contributed by atoms with van der Waals surface area (Å²) in [7, 11) is 0. The highest BCUT2D eigenvalue weighted by Crippen LogP contribution is 2.36. The van der Waals surface area contributed by atoms with Gasteiger partial charge in [-0.05, 0) is 65.0 Å². The maximum Gasteiger partial charge on any atom is 0.274 e. The van der Waals surface area contributed by atoms with Crippen molar-refractivity contribution in [2.45, 2.75) is 38.2 Å². The van der Waals surface area contributed by atoms with E-state index in [1.54, 1.807) is 30.3 Å². The predicted octanol–water partition coefficient (Wildman–Crippen LogP) is 4.32. The van der Waals surface area contributed by atoms with Crippen molar-refractivity contribution in [3.63, 3.8) is 0 Å². The molecule has 0 bridgehead atoms. The van der Waals surface area contributed by atoms with Crippen LogP contribution in [0.25, 0.3) is 0 Å².